The van der Waals surface area contributed by atoms with E-state index in [0.717, 1.165) is 6.26 Å². The maximum atomic E-state index is 11.9. The molecule has 1 rings (SSSR count). The first-order valence-electron chi connectivity index (χ1n) is 5.68. The smallest absolute Gasteiger partial charge is 0.240 e. The number of sulfone groups is 1. The van der Waals surface area contributed by atoms with Gasteiger partial charge >= 0.3 is 0 Å². The van der Waals surface area contributed by atoms with E-state index in [-0.39, 0.29) is 34.8 Å². The largest absolute Gasteiger partial charge is 0.328 e. The summed E-state index contributed by atoms with van der Waals surface area (Å²) in [4.78, 5) is 0.117. The highest BCUT2D eigenvalue weighted by atomic mass is 35.5. The Morgan fingerprint density at radius 3 is 1.95 bits per heavy atom. The van der Waals surface area contributed by atoms with E-state index in [1.807, 2.05) is 0 Å². The predicted molar refractivity (Wildman–Crippen MR) is 80.3 cm³/mol. The molecular formula is C11H19ClN2O4S2. The topological polar surface area (TPSA) is 106 Å². The molecule has 0 spiro atoms. The third kappa shape index (κ3) is 5.76. The zero-order valence-corrected chi connectivity index (χ0v) is 13.7. The summed E-state index contributed by atoms with van der Waals surface area (Å²) in [6.45, 7) is 2.03. The summed E-state index contributed by atoms with van der Waals surface area (Å²) < 4.78 is 48.7. The van der Waals surface area contributed by atoms with Crippen molar-refractivity contribution >= 4 is 32.3 Å². The molecule has 0 aliphatic carbocycles. The summed E-state index contributed by atoms with van der Waals surface area (Å²) in [6, 6.07) is 5.00. The zero-order valence-electron chi connectivity index (χ0n) is 11.2. The van der Waals surface area contributed by atoms with Crippen LogP contribution in [0, 0.1) is 0 Å². The second-order valence-corrected chi connectivity index (χ2v) is 8.19. The van der Waals surface area contributed by atoms with Gasteiger partial charge in [-0.25, -0.2) is 21.6 Å². The van der Waals surface area contributed by atoms with Gasteiger partial charge in [0.2, 0.25) is 10.0 Å². The minimum Gasteiger partial charge on any atom is -0.328 e. The normalized spacial score (nSPS) is 13.6. The molecule has 9 heteroatoms. The first kappa shape index (κ1) is 19.3. The summed E-state index contributed by atoms with van der Waals surface area (Å²) in [5.74, 6) is 0. The van der Waals surface area contributed by atoms with Crippen LogP contribution in [0.2, 0.25) is 0 Å². The fourth-order valence-electron chi connectivity index (χ4n) is 1.37. The minimum absolute atomic E-state index is 0. The van der Waals surface area contributed by atoms with E-state index >= 15 is 0 Å². The van der Waals surface area contributed by atoms with E-state index in [2.05, 4.69) is 4.72 Å². The van der Waals surface area contributed by atoms with E-state index in [9.17, 15) is 16.8 Å². The Morgan fingerprint density at radius 2 is 1.55 bits per heavy atom. The molecule has 3 N–H and O–H groups in total. The van der Waals surface area contributed by atoms with Crippen molar-refractivity contribution in [3.63, 3.8) is 0 Å². The van der Waals surface area contributed by atoms with Gasteiger partial charge in [-0.05, 0) is 37.6 Å². The van der Waals surface area contributed by atoms with E-state index in [1.54, 1.807) is 6.92 Å². The van der Waals surface area contributed by atoms with Gasteiger partial charge in [-0.15, -0.1) is 12.4 Å². The molecule has 116 valence electrons. The van der Waals surface area contributed by atoms with Crippen molar-refractivity contribution in [2.24, 2.45) is 5.73 Å². The van der Waals surface area contributed by atoms with Gasteiger partial charge in [0, 0.05) is 18.8 Å². The summed E-state index contributed by atoms with van der Waals surface area (Å²) >= 11 is 0. The molecule has 0 saturated heterocycles. The van der Waals surface area contributed by atoms with Gasteiger partial charge in [0.15, 0.2) is 9.84 Å². The molecule has 6 nitrogen and oxygen atoms in total. The molecule has 0 amide bonds. The second-order valence-electron chi connectivity index (χ2n) is 4.41. The van der Waals surface area contributed by atoms with E-state index in [4.69, 9.17) is 5.73 Å². The van der Waals surface area contributed by atoms with Gasteiger partial charge in [0.1, 0.15) is 0 Å². The number of benzene rings is 1. The van der Waals surface area contributed by atoms with Crippen molar-refractivity contribution in [2.45, 2.75) is 29.2 Å². The number of hydrogen-bond donors (Lipinski definition) is 2. The molecule has 0 heterocycles. The number of hydrogen-bond acceptors (Lipinski definition) is 5. The van der Waals surface area contributed by atoms with Gasteiger partial charge in [-0.3, -0.25) is 0 Å². The monoisotopic (exact) mass is 342 g/mol. The van der Waals surface area contributed by atoms with Crippen LogP contribution in [0.15, 0.2) is 34.1 Å². The standard InChI is InChI=1S/C11H18N2O4S2.ClH/c1-9(12)7-8-13-19(16,17)11-5-3-10(4-6-11)18(2,14)15;/h3-6,9,13H,7-8,12H2,1-2H3;1H. The lowest BCUT2D eigenvalue weighted by Crippen LogP contribution is -2.29. The van der Waals surface area contributed by atoms with Crippen LogP contribution < -0.4 is 10.5 Å². The zero-order chi connectivity index (χ0) is 14.7. The Bertz CT molecular complexity index is 625. The molecule has 1 aromatic rings. The van der Waals surface area contributed by atoms with Crippen LogP contribution >= 0.6 is 12.4 Å². The first-order chi connectivity index (χ1) is 8.63. The van der Waals surface area contributed by atoms with Crippen molar-refractivity contribution in [1.82, 2.24) is 4.72 Å². The van der Waals surface area contributed by atoms with Gasteiger partial charge in [-0.2, -0.15) is 0 Å². The summed E-state index contributed by atoms with van der Waals surface area (Å²) in [5.41, 5.74) is 5.53. The highest BCUT2D eigenvalue weighted by molar-refractivity contribution is 7.90. The number of halogens is 1. The molecule has 0 aromatic heterocycles. The molecule has 0 radical (unpaired) electrons. The highest BCUT2D eigenvalue weighted by Gasteiger charge is 2.15. The van der Waals surface area contributed by atoms with Crippen molar-refractivity contribution in [3.05, 3.63) is 24.3 Å². The predicted octanol–water partition coefficient (Wildman–Crippen LogP) is 0.528. The Balaban J connectivity index is 0.00000361. The van der Waals surface area contributed by atoms with Crippen LogP contribution in [0.3, 0.4) is 0 Å². The van der Waals surface area contributed by atoms with Crippen LogP contribution in [0.1, 0.15) is 13.3 Å². The van der Waals surface area contributed by atoms with E-state index in [0.29, 0.717) is 6.42 Å². The van der Waals surface area contributed by atoms with Crippen molar-refractivity contribution in [2.75, 3.05) is 12.8 Å². The third-order valence-corrected chi connectivity index (χ3v) is 5.06. The lowest BCUT2D eigenvalue weighted by molar-refractivity contribution is 0.571. The highest BCUT2D eigenvalue weighted by Crippen LogP contribution is 2.14. The maximum absolute atomic E-state index is 11.9. The molecule has 0 aliphatic heterocycles. The molecule has 0 saturated carbocycles. The van der Waals surface area contributed by atoms with Crippen LogP contribution in [-0.4, -0.2) is 35.7 Å². The number of sulfonamides is 1. The SMILES string of the molecule is CC(N)CCNS(=O)(=O)c1ccc(S(C)(=O)=O)cc1.Cl. The average molecular weight is 343 g/mol. The molecule has 0 fully saturated rings. The molecule has 20 heavy (non-hydrogen) atoms. The van der Waals surface area contributed by atoms with Gasteiger partial charge in [-0.1, -0.05) is 0 Å². The minimum atomic E-state index is -3.62. The molecule has 1 unspecified atom stereocenters. The molecule has 1 aromatic carbocycles. The van der Waals surface area contributed by atoms with Crippen LogP contribution in [-0.2, 0) is 19.9 Å². The van der Waals surface area contributed by atoms with Crippen molar-refractivity contribution < 1.29 is 16.8 Å². The van der Waals surface area contributed by atoms with Gasteiger partial charge < -0.3 is 5.73 Å². The molecule has 1 atom stereocenters. The van der Waals surface area contributed by atoms with Crippen molar-refractivity contribution in [1.29, 1.82) is 0 Å². The third-order valence-electron chi connectivity index (χ3n) is 2.45. The fourth-order valence-corrected chi connectivity index (χ4v) is 3.05. The van der Waals surface area contributed by atoms with Crippen LogP contribution in [0.4, 0.5) is 0 Å². The number of nitrogens with one attached hydrogen (secondary N) is 1. The molecular weight excluding hydrogens is 324 g/mol. The number of nitrogens with two attached hydrogens (primary N) is 1. The van der Waals surface area contributed by atoms with Crippen LogP contribution in [0.5, 0.6) is 0 Å². The number of rotatable bonds is 6. The lowest BCUT2D eigenvalue weighted by Gasteiger charge is -2.08. The summed E-state index contributed by atoms with van der Waals surface area (Å²) in [7, 11) is -6.94. The van der Waals surface area contributed by atoms with E-state index in [1.165, 1.54) is 24.3 Å². The summed E-state index contributed by atoms with van der Waals surface area (Å²) in [5, 5.41) is 0. The van der Waals surface area contributed by atoms with E-state index < -0.39 is 19.9 Å². The summed E-state index contributed by atoms with van der Waals surface area (Å²) in [6.07, 6.45) is 1.60. The fraction of sp³-hybridized carbons (Fsp3) is 0.455. The van der Waals surface area contributed by atoms with Gasteiger partial charge in [0.25, 0.3) is 0 Å². The maximum Gasteiger partial charge on any atom is 0.240 e. The average Bonchev–Trinajstić information content (AvgIpc) is 2.27. The Hall–Kier alpha value is -0.670. The first-order valence-corrected chi connectivity index (χ1v) is 9.06. The van der Waals surface area contributed by atoms with Crippen molar-refractivity contribution in [3.8, 4) is 0 Å². The second kappa shape index (κ2) is 7.37. The quantitative estimate of drug-likeness (QED) is 0.784. The molecule has 0 bridgehead atoms. The Kier molecular flexibility index (Phi) is 7.12. The van der Waals surface area contributed by atoms with Crippen LogP contribution in [0.25, 0.3) is 0 Å². The van der Waals surface area contributed by atoms with Gasteiger partial charge in [0.05, 0.1) is 9.79 Å². The molecule has 0 aliphatic rings. The Morgan fingerprint density at radius 1 is 1.10 bits per heavy atom. The Labute approximate surface area is 126 Å². The lowest BCUT2D eigenvalue weighted by atomic mass is 10.3.